The van der Waals surface area contributed by atoms with Gasteiger partial charge < -0.3 is 19.5 Å². The highest BCUT2D eigenvalue weighted by Gasteiger charge is 2.31. The van der Waals surface area contributed by atoms with Gasteiger partial charge in [0, 0.05) is 37.0 Å². The summed E-state index contributed by atoms with van der Waals surface area (Å²) in [4.78, 5) is 37.4. The molecule has 0 aromatic carbocycles. The zero-order chi connectivity index (χ0) is 17.3. The maximum absolute atomic E-state index is 12.3. The van der Waals surface area contributed by atoms with Crippen molar-refractivity contribution in [3.63, 3.8) is 0 Å². The number of rotatable bonds is 4. The summed E-state index contributed by atoms with van der Waals surface area (Å²) >= 11 is 0. The van der Waals surface area contributed by atoms with Crippen molar-refractivity contribution in [2.24, 2.45) is 0 Å². The van der Waals surface area contributed by atoms with Crippen molar-refractivity contribution in [2.45, 2.75) is 38.4 Å². The van der Waals surface area contributed by atoms with E-state index < -0.39 is 5.97 Å². The number of hydrogen-bond acceptors (Lipinski definition) is 4. The monoisotopic (exact) mass is 331 g/mol. The van der Waals surface area contributed by atoms with Crippen molar-refractivity contribution in [3.05, 3.63) is 35.7 Å². The molecule has 7 nitrogen and oxygen atoms in total. The molecule has 3 rings (SSSR count). The third-order valence-electron chi connectivity index (χ3n) is 4.47. The van der Waals surface area contributed by atoms with E-state index in [1.807, 2.05) is 23.6 Å². The Hall–Kier alpha value is -2.57. The second kappa shape index (κ2) is 6.51. The number of esters is 1. The fourth-order valence-corrected chi connectivity index (χ4v) is 2.95. The lowest BCUT2D eigenvalue weighted by atomic mass is 10.1. The number of nitrogens with zero attached hydrogens (tertiary/aromatic N) is 2. The van der Waals surface area contributed by atoms with Gasteiger partial charge in [0.2, 0.25) is 5.91 Å². The van der Waals surface area contributed by atoms with Crippen LogP contribution in [0.3, 0.4) is 0 Å². The summed E-state index contributed by atoms with van der Waals surface area (Å²) in [6.45, 7) is 2.95. The van der Waals surface area contributed by atoms with Crippen molar-refractivity contribution in [3.8, 4) is 0 Å². The van der Waals surface area contributed by atoms with Crippen molar-refractivity contribution in [1.29, 1.82) is 0 Å². The number of amides is 2. The van der Waals surface area contributed by atoms with Gasteiger partial charge in [0.1, 0.15) is 5.69 Å². The molecule has 1 fully saturated rings. The maximum atomic E-state index is 12.3. The molecule has 1 atom stereocenters. The predicted octanol–water partition coefficient (Wildman–Crippen LogP) is 1.01. The third-order valence-corrected chi connectivity index (χ3v) is 4.47. The number of ether oxygens (including phenoxy) is 1. The largest absolute Gasteiger partial charge is 0.466 e. The first-order valence-corrected chi connectivity index (χ1v) is 8.08. The summed E-state index contributed by atoms with van der Waals surface area (Å²) in [5, 5.41) is 2.99. The molecule has 2 amide bonds. The Morgan fingerprint density at radius 1 is 1.21 bits per heavy atom. The minimum Gasteiger partial charge on any atom is -0.466 e. The molecule has 7 heteroatoms. The fourth-order valence-electron chi connectivity index (χ4n) is 2.95. The molecule has 0 bridgehead atoms. The van der Waals surface area contributed by atoms with Crippen LogP contribution in [0.15, 0.2) is 24.3 Å². The average molecular weight is 331 g/mol. The SMILES string of the molecule is COC(=O)/C=C/C(=O)N1CCn2c(C(=O)NC3CC3)ccc2C1C. The topological polar surface area (TPSA) is 80.6 Å². The number of aromatic nitrogens is 1. The number of nitrogens with one attached hydrogen (secondary N) is 1. The molecule has 1 aliphatic heterocycles. The molecule has 24 heavy (non-hydrogen) atoms. The van der Waals surface area contributed by atoms with Gasteiger partial charge in [0.15, 0.2) is 0 Å². The third kappa shape index (κ3) is 3.20. The zero-order valence-corrected chi connectivity index (χ0v) is 13.8. The van der Waals surface area contributed by atoms with E-state index in [1.54, 1.807) is 4.90 Å². The van der Waals surface area contributed by atoms with Crippen LogP contribution in [-0.4, -0.2) is 46.9 Å². The van der Waals surface area contributed by atoms with E-state index in [0.717, 1.165) is 24.6 Å². The summed E-state index contributed by atoms with van der Waals surface area (Å²) in [6, 6.07) is 3.83. The maximum Gasteiger partial charge on any atom is 0.330 e. The average Bonchev–Trinajstić information content (AvgIpc) is 3.27. The number of fused-ring (bicyclic) bond motifs is 1. The molecule has 1 N–H and O–H groups in total. The van der Waals surface area contributed by atoms with Crippen molar-refractivity contribution < 1.29 is 19.1 Å². The van der Waals surface area contributed by atoms with E-state index >= 15 is 0 Å². The number of carbonyl (C=O) groups excluding carboxylic acids is 3. The van der Waals surface area contributed by atoms with E-state index in [-0.39, 0.29) is 17.9 Å². The molecular formula is C17H21N3O4. The highest BCUT2D eigenvalue weighted by molar-refractivity contribution is 5.95. The molecule has 1 aliphatic carbocycles. The lowest BCUT2D eigenvalue weighted by Crippen LogP contribution is -2.41. The molecule has 0 spiro atoms. The lowest BCUT2D eigenvalue weighted by molar-refractivity contribution is -0.135. The van der Waals surface area contributed by atoms with Crippen molar-refractivity contribution in [1.82, 2.24) is 14.8 Å². The van der Waals surface area contributed by atoms with Gasteiger partial charge in [0.25, 0.3) is 5.91 Å². The van der Waals surface area contributed by atoms with E-state index in [9.17, 15) is 14.4 Å². The lowest BCUT2D eigenvalue weighted by Gasteiger charge is -2.34. The normalized spacial score (nSPS) is 19.9. The summed E-state index contributed by atoms with van der Waals surface area (Å²) in [5.41, 5.74) is 1.56. The standard InChI is InChI=1S/C17H21N3O4/c1-11-13-5-6-14(17(23)18-12-3-4-12)20(13)10-9-19(11)15(21)7-8-16(22)24-2/h5-8,11-12H,3-4,9-10H2,1-2H3,(H,18,23)/b8-7+. The van der Waals surface area contributed by atoms with Crippen LogP contribution in [-0.2, 0) is 20.9 Å². The van der Waals surface area contributed by atoms with Gasteiger partial charge in [-0.3, -0.25) is 9.59 Å². The first-order valence-electron chi connectivity index (χ1n) is 8.08. The quantitative estimate of drug-likeness (QED) is 0.660. The highest BCUT2D eigenvalue weighted by atomic mass is 16.5. The van der Waals surface area contributed by atoms with Crippen molar-refractivity contribution in [2.75, 3.05) is 13.7 Å². The summed E-state index contributed by atoms with van der Waals surface area (Å²) in [5.74, 6) is -0.860. The Morgan fingerprint density at radius 2 is 1.96 bits per heavy atom. The van der Waals surface area contributed by atoms with E-state index in [1.165, 1.54) is 13.2 Å². The molecule has 0 radical (unpaired) electrons. The van der Waals surface area contributed by atoms with Gasteiger partial charge in [-0.05, 0) is 31.9 Å². The molecule has 1 saturated carbocycles. The molecular weight excluding hydrogens is 310 g/mol. The molecule has 1 aromatic heterocycles. The van der Waals surface area contributed by atoms with E-state index in [0.29, 0.717) is 24.8 Å². The number of carbonyl (C=O) groups is 3. The van der Waals surface area contributed by atoms with E-state index in [2.05, 4.69) is 10.1 Å². The summed E-state index contributed by atoms with van der Waals surface area (Å²) in [6.07, 6.45) is 4.44. The fraction of sp³-hybridized carbons (Fsp3) is 0.471. The first kappa shape index (κ1) is 16.3. The second-order valence-corrected chi connectivity index (χ2v) is 6.11. The van der Waals surface area contributed by atoms with Crippen LogP contribution in [0.25, 0.3) is 0 Å². The van der Waals surface area contributed by atoms with Crippen LogP contribution < -0.4 is 5.32 Å². The Bertz CT molecular complexity index is 703. The Kier molecular flexibility index (Phi) is 4.42. The van der Waals surface area contributed by atoms with Gasteiger partial charge in [-0.25, -0.2) is 4.79 Å². The van der Waals surface area contributed by atoms with Crippen LogP contribution >= 0.6 is 0 Å². The molecule has 1 unspecified atom stereocenters. The van der Waals surface area contributed by atoms with Crippen molar-refractivity contribution >= 4 is 17.8 Å². The second-order valence-electron chi connectivity index (χ2n) is 6.11. The zero-order valence-electron chi connectivity index (χ0n) is 13.8. The predicted molar refractivity (Wildman–Crippen MR) is 86.2 cm³/mol. The Balaban J connectivity index is 1.73. The van der Waals surface area contributed by atoms with Crippen LogP contribution in [0.4, 0.5) is 0 Å². The molecule has 0 saturated heterocycles. The van der Waals surface area contributed by atoms with Gasteiger partial charge in [-0.1, -0.05) is 0 Å². The molecule has 128 valence electrons. The van der Waals surface area contributed by atoms with Gasteiger partial charge in [-0.15, -0.1) is 0 Å². The molecule has 2 heterocycles. The van der Waals surface area contributed by atoms with Gasteiger partial charge in [-0.2, -0.15) is 0 Å². The number of methoxy groups -OCH3 is 1. The van der Waals surface area contributed by atoms with Gasteiger partial charge >= 0.3 is 5.97 Å². The van der Waals surface area contributed by atoms with Crippen LogP contribution in [0.1, 0.15) is 42.0 Å². The Labute approximate surface area is 140 Å². The van der Waals surface area contributed by atoms with E-state index in [4.69, 9.17) is 0 Å². The summed E-state index contributed by atoms with van der Waals surface area (Å²) in [7, 11) is 1.27. The smallest absolute Gasteiger partial charge is 0.330 e. The van der Waals surface area contributed by atoms with Crippen LogP contribution in [0, 0.1) is 0 Å². The number of hydrogen-bond donors (Lipinski definition) is 1. The first-order chi connectivity index (χ1) is 11.5. The van der Waals surface area contributed by atoms with Crippen LogP contribution in [0.5, 0.6) is 0 Å². The van der Waals surface area contributed by atoms with Gasteiger partial charge in [0.05, 0.1) is 13.2 Å². The van der Waals surface area contributed by atoms with Crippen LogP contribution in [0.2, 0.25) is 0 Å². The minimum absolute atomic E-state index is 0.0543. The minimum atomic E-state index is -0.560. The highest BCUT2D eigenvalue weighted by Crippen LogP contribution is 2.28. The molecule has 2 aliphatic rings. The molecule has 1 aromatic rings. The Morgan fingerprint density at radius 3 is 2.62 bits per heavy atom. The summed E-state index contributed by atoms with van der Waals surface area (Å²) < 4.78 is 6.46.